The van der Waals surface area contributed by atoms with Gasteiger partial charge in [-0.05, 0) is 43.9 Å². The van der Waals surface area contributed by atoms with E-state index >= 15 is 0 Å². The number of rotatable bonds is 6. The van der Waals surface area contributed by atoms with E-state index < -0.39 is 0 Å². The monoisotopic (exact) mass is 358 g/mol. The van der Waals surface area contributed by atoms with E-state index in [1.807, 2.05) is 13.0 Å². The highest BCUT2D eigenvalue weighted by atomic mass is 79.9. The first-order valence-electron chi connectivity index (χ1n) is 7.65. The summed E-state index contributed by atoms with van der Waals surface area (Å²) in [4.78, 5) is 0. The zero-order chi connectivity index (χ0) is 15.3. The number of hydrogen-bond acceptors (Lipinski definition) is 3. The summed E-state index contributed by atoms with van der Waals surface area (Å²) in [5.41, 5.74) is 3.78. The Kier molecular flexibility index (Phi) is 6.17. The van der Waals surface area contributed by atoms with Gasteiger partial charge in [0.2, 0.25) is 0 Å². The van der Waals surface area contributed by atoms with E-state index in [4.69, 9.17) is 10.6 Å². The predicted octanol–water partition coefficient (Wildman–Crippen LogP) is 3.70. The lowest BCUT2D eigenvalue weighted by Crippen LogP contribution is -2.57. The van der Waals surface area contributed by atoms with Crippen LogP contribution >= 0.6 is 15.9 Å². The van der Waals surface area contributed by atoms with Crippen molar-refractivity contribution < 1.29 is 9.13 Å². The zero-order valence-corrected chi connectivity index (χ0v) is 14.1. The van der Waals surface area contributed by atoms with Crippen molar-refractivity contribution in [3.05, 3.63) is 34.1 Å². The van der Waals surface area contributed by atoms with Gasteiger partial charge in [0.1, 0.15) is 5.82 Å². The molecule has 1 aliphatic carbocycles. The predicted molar refractivity (Wildman–Crippen MR) is 86.4 cm³/mol. The van der Waals surface area contributed by atoms with Crippen LogP contribution in [0.25, 0.3) is 0 Å². The summed E-state index contributed by atoms with van der Waals surface area (Å²) in [5.74, 6) is 5.59. The maximum absolute atomic E-state index is 13.2. The first-order valence-corrected chi connectivity index (χ1v) is 8.44. The van der Waals surface area contributed by atoms with E-state index in [1.54, 1.807) is 0 Å². The molecule has 0 amide bonds. The Hall–Kier alpha value is -0.490. The van der Waals surface area contributed by atoms with Crippen LogP contribution in [0.3, 0.4) is 0 Å². The number of benzene rings is 1. The average Bonchev–Trinajstić information content (AvgIpc) is 2.47. The highest BCUT2D eigenvalue weighted by Gasteiger charge is 2.40. The van der Waals surface area contributed by atoms with Gasteiger partial charge >= 0.3 is 0 Å². The second kappa shape index (κ2) is 7.68. The first kappa shape index (κ1) is 16.9. The topological polar surface area (TPSA) is 47.3 Å². The number of hydrazine groups is 1. The molecule has 1 aliphatic rings. The van der Waals surface area contributed by atoms with Gasteiger partial charge in [-0.3, -0.25) is 11.3 Å². The minimum atomic E-state index is -0.236. The van der Waals surface area contributed by atoms with Crippen LogP contribution in [-0.4, -0.2) is 18.2 Å². The Labute approximate surface area is 134 Å². The van der Waals surface area contributed by atoms with Gasteiger partial charge in [0.15, 0.2) is 0 Å². The van der Waals surface area contributed by atoms with Crippen molar-refractivity contribution in [3.8, 4) is 0 Å². The summed E-state index contributed by atoms with van der Waals surface area (Å²) in [5, 5.41) is 0. The number of ether oxygens (including phenoxy) is 1. The lowest BCUT2D eigenvalue weighted by molar-refractivity contribution is -0.0898. The van der Waals surface area contributed by atoms with Crippen LogP contribution in [0.4, 0.5) is 4.39 Å². The van der Waals surface area contributed by atoms with Gasteiger partial charge in [-0.1, -0.05) is 41.3 Å². The molecule has 0 heterocycles. The van der Waals surface area contributed by atoms with E-state index in [-0.39, 0.29) is 17.5 Å². The van der Waals surface area contributed by atoms with Crippen molar-refractivity contribution in [2.45, 2.75) is 57.1 Å². The minimum Gasteiger partial charge on any atom is -0.374 e. The number of hydrogen-bond donors (Lipinski definition) is 2. The molecule has 3 N–H and O–H groups in total. The molecule has 0 radical (unpaired) electrons. The maximum Gasteiger partial charge on any atom is 0.124 e. The molecule has 2 rings (SSSR count). The Morgan fingerprint density at radius 3 is 2.67 bits per heavy atom. The fraction of sp³-hybridized carbons (Fsp3) is 0.625. The average molecular weight is 359 g/mol. The van der Waals surface area contributed by atoms with Gasteiger partial charge in [0.25, 0.3) is 0 Å². The van der Waals surface area contributed by atoms with Crippen molar-refractivity contribution >= 4 is 15.9 Å². The van der Waals surface area contributed by atoms with Crippen molar-refractivity contribution in [2.24, 2.45) is 5.84 Å². The highest BCUT2D eigenvalue weighted by Crippen LogP contribution is 2.36. The van der Waals surface area contributed by atoms with Gasteiger partial charge in [0.05, 0.1) is 11.6 Å². The largest absolute Gasteiger partial charge is 0.374 e. The maximum atomic E-state index is 13.2. The minimum absolute atomic E-state index is 0.0273. The summed E-state index contributed by atoms with van der Waals surface area (Å²) in [6, 6.07) is 4.82. The SMILES string of the molecule is CCOC1(C(Cc2ccc(F)cc2Br)NN)CCCCC1. The van der Waals surface area contributed by atoms with Crippen LogP contribution in [0.1, 0.15) is 44.6 Å². The molecule has 3 nitrogen and oxygen atoms in total. The third kappa shape index (κ3) is 4.03. The molecule has 1 unspecified atom stereocenters. The van der Waals surface area contributed by atoms with Crippen LogP contribution in [0.5, 0.6) is 0 Å². The molecule has 1 atom stereocenters. The van der Waals surface area contributed by atoms with Gasteiger partial charge in [0, 0.05) is 11.1 Å². The van der Waals surface area contributed by atoms with E-state index in [1.165, 1.54) is 31.4 Å². The van der Waals surface area contributed by atoms with Crippen LogP contribution in [0, 0.1) is 5.82 Å². The van der Waals surface area contributed by atoms with Crippen molar-refractivity contribution in [1.82, 2.24) is 5.43 Å². The Morgan fingerprint density at radius 2 is 2.10 bits per heavy atom. The second-order valence-corrected chi connectivity index (χ2v) is 6.57. The molecule has 118 valence electrons. The molecule has 0 spiro atoms. The Balaban J connectivity index is 2.20. The van der Waals surface area contributed by atoms with Crippen LogP contribution in [0.15, 0.2) is 22.7 Å². The van der Waals surface area contributed by atoms with Gasteiger partial charge < -0.3 is 4.74 Å². The van der Waals surface area contributed by atoms with Crippen LogP contribution in [-0.2, 0) is 11.2 Å². The Bertz CT molecular complexity index is 458. The molecular formula is C16H24BrFN2O. The summed E-state index contributed by atoms with van der Waals surface area (Å²) < 4.78 is 20.1. The van der Waals surface area contributed by atoms with Gasteiger partial charge in [-0.15, -0.1) is 0 Å². The lowest BCUT2D eigenvalue weighted by atomic mass is 9.77. The first-order chi connectivity index (χ1) is 10.1. The molecule has 0 aliphatic heterocycles. The molecule has 1 saturated carbocycles. The summed E-state index contributed by atoms with van der Waals surface area (Å²) >= 11 is 3.44. The molecule has 0 aromatic heterocycles. The molecule has 1 fully saturated rings. The Morgan fingerprint density at radius 1 is 1.38 bits per heavy atom. The zero-order valence-electron chi connectivity index (χ0n) is 12.5. The van der Waals surface area contributed by atoms with Crippen molar-refractivity contribution in [2.75, 3.05) is 6.61 Å². The molecule has 1 aromatic carbocycles. The third-order valence-electron chi connectivity index (χ3n) is 4.41. The van der Waals surface area contributed by atoms with Crippen molar-refractivity contribution in [3.63, 3.8) is 0 Å². The number of halogens is 2. The van der Waals surface area contributed by atoms with E-state index in [9.17, 15) is 4.39 Å². The third-order valence-corrected chi connectivity index (χ3v) is 5.15. The normalized spacial score (nSPS) is 19.4. The fourth-order valence-electron chi connectivity index (χ4n) is 3.34. The molecule has 5 heteroatoms. The van der Waals surface area contributed by atoms with E-state index in [2.05, 4.69) is 21.4 Å². The van der Waals surface area contributed by atoms with E-state index in [0.29, 0.717) is 6.61 Å². The number of nitrogens with two attached hydrogens (primary N) is 1. The lowest BCUT2D eigenvalue weighted by Gasteiger charge is -2.43. The van der Waals surface area contributed by atoms with Crippen LogP contribution in [0.2, 0.25) is 0 Å². The molecule has 0 saturated heterocycles. The molecule has 1 aromatic rings. The molecular weight excluding hydrogens is 335 g/mol. The fourth-order valence-corrected chi connectivity index (χ4v) is 3.85. The quantitative estimate of drug-likeness (QED) is 0.601. The second-order valence-electron chi connectivity index (χ2n) is 5.72. The highest BCUT2D eigenvalue weighted by molar-refractivity contribution is 9.10. The van der Waals surface area contributed by atoms with Crippen LogP contribution < -0.4 is 11.3 Å². The molecule has 0 bridgehead atoms. The summed E-state index contributed by atoms with van der Waals surface area (Å²) in [6.45, 7) is 2.71. The number of nitrogens with one attached hydrogen (secondary N) is 1. The van der Waals surface area contributed by atoms with E-state index in [0.717, 1.165) is 29.3 Å². The van der Waals surface area contributed by atoms with Crippen molar-refractivity contribution in [1.29, 1.82) is 0 Å². The smallest absolute Gasteiger partial charge is 0.124 e. The summed E-state index contributed by atoms with van der Waals surface area (Å²) in [6.07, 6.45) is 6.36. The van der Waals surface area contributed by atoms with Gasteiger partial charge in [-0.25, -0.2) is 4.39 Å². The summed E-state index contributed by atoms with van der Waals surface area (Å²) in [7, 11) is 0. The van der Waals surface area contributed by atoms with Gasteiger partial charge in [-0.2, -0.15) is 0 Å². The molecule has 21 heavy (non-hydrogen) atoms. The standard InChI is InChI=1S/C16H24BrFN2O/c1-2-21-16(8-4-3-5-9-16)15(20-19)10-12-6-7-13(18)11-14(12)17/h6-7,11,15,20H,2-5,8-10,19H2,1H3.